The SMILES string of the molecule is CCCc1ccc(-c2cc(C(F)(F)F)c3nc(N4CCNCC4)nn3c2)cc1. The molecule has 1 aliphatic rings. The van der Waals surface area contributed by atoms with Crippen molar-refractivity contribution >= 4 is 11.6 Å². The zero-order valence-corrected chi connectivity index (χ0v) is 15.6. The fraction of sp³-hybridized carbons (Fsp3) is 0.400. The largest absolute Gasteiger partial charge is 0.420 e. The van der Waals surface area contributed by atoms with Gasteiger partial charge in [0.05, 0.1) is 0 Å². The van der Waals surface area contributed by atoms with Crippen molar-refractivity contribution in [1.29, 1.82) is 0 Å². The molecule has 3 heterocycles. The van der Waals surface area contributed by atoms with Gasteiger partial charge in [-0.2, -0.15) is 18.2 Å². The van der Waals surface area contributed by atoms with Gasteiger partial charge in [-0.15, -0.1) is 5.10 Å². The summed E-state index contributed by atoms with van der Waals surface area (Å²) < 4.78 is 42.4. The number of benzene rings is 1. The average Bonchev–Trinajstić information content (AvgIpc) is 3.12. The smallest absolute Gasteiger partial charge is 0.337 e. The van der Waals surface area contributed by atoms with Crippen LogP contribution in [0.3, 0.4) is 0 Å². The second kappa shape index (κ2) is 7.43. The van der Waals surface area contributed by atoms with Crippen LogP contribution in [0.4, 0.5) is 19.1 Å². The maximum absolute atomic E-state index is 13.7. The van der Waals surface area contributed by atoms with E-state index >= 15 is 0 Å². The second-order valence-corrected chi connectivity index (χ2v) is 7.00. The maximum Gasteiger partial charge on any atom is 0.420 e. The molecule has 0 unspecified atom stereocenters. The fourth-order valence-corrected chi connectivity index (χ4v) is 3.49. The van der Waals surface area contributed by atoms with Gasteiger partial charge in [0.2, 0.25) is 5.95 Å². The van der Waals surface area contributed by atoms with Crippen LogP contribution in [0.15, 0.2) is 36.5 Å². The van der Waals surface area contributed by atoms with E-state index in [0.29, 0.717) is 24.6 Å². The molecular formula is C20H22F3N5. The minimum absolute atomic E-state index is 0.160. The Morgan fingerprint density at radius 2 is 1.79 bits per heavy atom. The van der Waals surface area contributed by atoms with Crippen molar-refractivity contribution in [3.63, 3.8) is 0 Å². The zero-order chi connectivity index (χ0) is 19.7. The molecule has 1 aliphatic heterocycles. The summed E-state index contributed by atoms with van der Waals surface area (Å²) in [5, 5.41) is 7.56. The quantitative estimate of drug-likeness (QED) is 0.738. The molecule has 5 nitrogen and oxygen atoms in total. The Hall–Kier alpha value is -2.61. The van der Waals surface area contributed by atoms with Crippen molar-refractivity contribution in [2.24, 2.45) is 0 Å². The number of aromatic nitrogens is 3. The second-order valence-electron chi connectivity index (χ2n) is 7.00. The molecule has 0 bridgehead atoms. The molecule has 1 aromatic carbocycles. The number of hydrogen-bond donors (Lipinski definition) is 1. The summed E-state index contributed by atoms with van der Waals surface area (Å²) in [6, 6.07) is 8.81. The Bertz CT molecular complexity index is 956. The summed E-state index contributed by atoms with van der Waals surface area (Å²) in [6.45, 7) is 4.96. The molecule has 0 radical (unpaired) electrons. The number of nitrogens with one attached hydrogen (secondary N) is 1. The minimum atomic E-state index is -4.51. The predicted octanol–water partition coefficient (Wildman–Crippen LogP) is 3.78. The minimum Gasteiger partial charge on any atom is -0.337 e. The number of fused-ring (bicyclic) bond motifs is 1. The summed E-state index contributed by atoms with van der Waals surface area (Å²) in [5.41, 5.74) is 1.44. The molecule has 8 heteroatoms. The van der Waals surface area contributed by atoms with E-state index in [1.807, 2.05) is 29.2 Å². The Kier molecular flexibility index (Phi) is 4.97. The van der Waals surface area contributed by atoms with Crippen molar-refractivity contribution in [3.8, 4) is 11.1 Å². The monoisotopic (exact) mass is 389 g/mol. The Labute approximate surface area is 161 Å². The van der Waals surface area contributed by atoms with Gasteiger partial charge in [0.15, 0.2) is 5.65 Å². The fourth-order valence-electron chi connectivity index (χ4n) is 3.49. The van der Waals surface area contributed by atoms with Crippen LogP contribution in [0.1, 0.15) is 24.5 Å². The van der Waals surface area contributed by atoms with Crippen LogP contribution in [0.5, 0.6) is 0 Å². The van der Waals surface area contributed by atoms with Crippen LogP contribution in [-0.2, 0) is 12.6 Å². The third kappa shape index (κ3) is 3.69. The van der Waals surface area contributed by atoms with Gasteiger partial charge in [0.25, 0.3) is 0 Å². The van der Waals surface area contributed by atoms with Gasteiger partial charge in [0.1, 0.15) is 5.56 Å². The maximum atomic E-state index is 13.7. The molecule has 0 atom stereocenters. The number of aryl methyl sites for hydroxylation is 1. The highest BCUT2D eigenvalue weighted by molar-refractivity contribution is 5.68. The average molecular weight is 389 g/mol. The van der Waals surface area contributed by atoms with Crippen LogP contribution in [-0.4, -0.2) is 40.8 Å². The van der Waals surface area contributed by atoms with E-state index in [2.05, 4.69) is 22.3 Å². The van der Waals surface area contributed by atoms with Crippen LogP contribution in [0.25, 0.3) is 16.8 Å². The number of rotatable bonds is 4. The lowest BCUT2D eigenvalue weighted by Crippen LogP contribution is -2.44. The van der Waals surface area contributed by atoms with Crippen LogP contribution in [0.2, 0.25) is 0 Å². The molecule has 0 aliphatic carbocycles. The van der Waals surface area contributed by atoms with Gasteiger partial charge in [-0.3, -0.25) is 0 Å². The number of halogens is 3. The van der Waals surface area contributed by atoms with Crippen LogP contribution < -0.4 is 10.2 Å². The lowest BCUT2D eigenvalue weighted by molar-refractivity contribution is -0.136. The molecule has 1 fully saturated rings. The van der Waals surface area contributed by atoms with E-state index in [0.717, 1.165) is 31.5 Å². The molecule has 1 saturated heterocycles. The van der Waals surface area contributed by atoms with Crippen molar-refractivity contribution in [2.75, 3.05) is 31.1 Å². The van der Waals surface area contributed by atoms with E-state index < -0.39 is 11.7 Å². The molecular weight excluding hydrogens is 367 g/mol. The van der Waals surface area contributed by atoms with Gasteiger partial charge in [-0.05, 0) is 23.6 Å². The summed E-state index contributed by atoms with van der Waals surface area (Å²) in [5.74, 6) is 0.336. The number of piperazine rings is 1. The zero-order valence-electron chi connectivity index (χ0n) is 15.6. The van der Waals surface area contributed by atoms with Crippen molar-refractivity contribution in [3.05, 3.63) is 47.7 Å². The molecule has 1 N–H and O–H groups in total. The molecule has 0 saturated carbocycles. The lowest BCUT2D eigenvalue weighted by atomic mass is 10.0. The summed E-state index contributed by atoms with van der Waals surface area (Å²) in [4.78, 5) is 6.11. The number of alkyl halides is 3. The number of pyridine rings is 1. The molecule has 0 spiro atoms. The third-order valence-electron chi connectivity index (χ3n) is 4.95. The van der Waals surface area contributed by atoms with Crippen molar-refractivity contribution < 1.29 is 13.2 Å². The third-order valence-corrected chi connectivity index (χ3v) is 4.95. The molecule has 28 heavy (non-hydrogen) atoms. The van der Waals surface area contributed by atoms with Crippen molar-refractivity contribution in [2.45, 2.75) is 25.9 Å². The van der Waals surface area contributed by atoms with Gasteiger partial charge in [-0.25, -0.2) is 4.52 Å². The van der Waals surface area contributed by atoms with E-state index in [1.165, 1.54) is 16.1 Å². The molecule has 148 valence electrons. The van der Waals surface area contributed by atoms with Gasteiger partial charge in [0, 0.05) is 37.9 Å². The first-order valence-electron chi connectivity index (χ1n) is 9.48. The van der Waals surface area contributed by atoms with Crippen LogP contribution >= 0.6 is 0 Å². The molecule has 0 amide bonds. The summed E-state index contributed by atoms with van der Waals surface area (Å²) in [7, 11) is 0. The van der Waals surface area contributed by atoms with Gasteiger partial charge < -0.3 is 10.2 Å². The highest BCUT2D eigenvalue weighted by Crippen LogP contribution is 2.35. The first kappa shape index (κ1) is 18.7. The highest BCUT2D eigenvalue weighted by atomic mass is 19.4. The number of nitrogens with zero attached hydrogens (tertiary/aromatic N) is 4. The van der Waals surface area contributed by atoms with E-state index in [9.17, 15) is 13.2 Å². The Balaban J connectivity index is 1.79. The highest BCUT2D eigenvalue weighted by Gasteiger charge is 2.35. The molecule has 4 rings (SSSR count). The summed E-state index contributed by atoms with van der Waals surface area (Å²) in [6.07, 6.45) is -0.910. The topological polar surface area (TPSA) is 45.5 Å². The van der Waals surface area contributed by atoms with E-state index in [4.69, 9.17) is 0 Å². The summed E-state index contributed by atoms with van der Waals surface area (Å²) >= 11 is 0. The van der Waals surface area contributed by atoms with E-state index in [1.54, 1.807) is 6.20 Å². The first-order chi connectivity index (χ1) is 13.5. The predicted molar refractivity (Wildman–Crippen MR) is 103 cm³/mol. The van der Waals surface area contributed by atoms with Crippen molar-refractivity contribution in [1.82, 2.24) is 19.9 Å². The number of hydrogen-bond acceptors (Lipinski definition) is 4. The van der Waals surface area contributed by atoms with Gasteiger partial charge >= 0.3 is 6.18 Å². The normalized spacial score (nSPS) is 15.4. The Morgan fingerprint density at radius 1 is 1.07 bits per heavy atom. The Morgan fingerprint density at radius 3 is 2.43 bits per heavy atom. The van der Waals surface area contributed by atoms with E-state index in [-0.39, 0.29) is 5.65 Å². The lowest BCUT2D eigenvalue weighted by Gasteiger charge is -2.25. The molecule has 3 aromatic rings. The number of anilines is 1. The van der Waals surface area contributed by atoms with Gasteiger partial charge in [-0.1, -0.05) is 37.6 Å². The standard InChI is InChI=1S/C20H22F3N5/c1-2-3-14-4-6-15(7-5-14)16-12-17(20(21,22)23)18-25-19(26-28(18)13-16)27-10-8-24-9-11-27/h4-7,12-13,24H,2-3,8-11H2,1H3. The molecule has 2 aromatic heterocycles. The van der Waals surface area contributed by atoms with Crippen LogP contribution in [0, 0.1) is 0 Å². The first-order valence-corrected chi connectivity index (χ1v) is 9.48.